The minimum atomic E-state index is -1.13. The molecular weight excluding hydrogens is 383 g/mol. The summed E-state index contributed by atoms with van der Waals surface area (Å²) in [5.74, 6) is 1.01. The number of fused-ring (bicyclic) bond motifs is 1. The molecular formula is C17H18Cl2N2O3S. The van der Waals surface area contributed by atoms with E-state index in [1.807, 2.05) is 32.2 Å². The molecule has 1 aliphatic rings. The highest BCUT2D eigenvalue weighted by Gasteiger charge is 2.33. The molecule has 0 bridgehead atoms. The van der Waals surface area contributed by atoms with Crippen molar-refractivity contribution in [2.75, 3.05) is 11.9 Å². The quantitative estimate of drug-likeness (QED) is 0.740. The van der Waals surface area contributed by atoms with Gasteiger partial charge in [-0.25, -0.2) is 4.98 Å². The number of amides is 1. The van der Waals surface area contributed by atoms with Crippen LogP contribution in [0.4, 0.5) is 5.13 Å². The van der Waals surface area contributed by atoms with Crippen LogP contribution in [0, 0.1) is 0 Å². The van der Waals surface area contributed by atoms with Crippen LogP contribution in [0.5, 0.6) is 11.5 Å². The highest BCUT2D eigenvalue weighted by Crippen LogP contribution is 2.44. The summed E-state index contributed by atoms with van der Waals surface area (Å²) >= 11 is 12.4. The van der Waals surface area contributed by atoms with E-state index in [-0.39, 0.29) is 5.60 Å². The molecule has 0 unspecified atom stereocenters. The number of thiazole rings is 1. The third-order valence-corrected chi connectivity index (χ3v) is 4.81. The third-order valence-electron chi connectivity index (χ3n) is 3.65. The van der Waals surface area contributed by atoms with Crippen molar-refractivity contribution in [2.45, 2.75) is 37.6 Å². The van der Waals surface area contributed by atoms with Gasteiger partial charge in [-0.15, -0.1) is 11.3 Å². The molecule has 25 heavy (non-hydrogen) atoms. The van der Waals surface area contributed by atoms with Crippen molar-refractivity contribution in [1.82, 2.24) is 4.98 Å². The van der Waals surface area contributed by atoms with Crippen molar-refractivity contribution in [3.8, 4) is 22.8 Å². The number of carbonyl (C=O) groups excluding carboxylic acids is 1. The van der Waals surface area contributed by atoms with Crippen molar-refractivity contribution in [3.63, 3.8) is 0 Å². The summed E-state index contributed by atoms with van der Waals surface area (Å²) in [7, 11) is 0. The maximum absolute atomic E-state index is 11.6. The van der Waals surface area contributed by atoms with Crippen LogP contribution in [-0.4, -0.2) is 27.9 Å². The predicted molar refractivity (Wildman–Crippen MR) is 101 cm³/mol. The Morgan fingerprint density at radius 1 is 1.48 bits per heavy atom. The van der Waals surface area contributed by atoms with Crippen molar-refractivity contribution < 1.29 is 14.3 Å². The lowest BCUT2D eigenvalue weighted by Gasteiger charge is -2.18. The molecule has 0 saturated heterocycles. The van der Waals surface area contributed by atoms with Gasteiger partial charge in [0, 0.05) is 22.9 Å². The number of ether oxygens (including phenoxy) is 2. The first-order chi connectivity index (χ1) is 11.8. The molecule has 0 saturated carbocycles. The number of hydrogen-bond acceptors (Lipinski definition) is 5. The van der Waals surface area contributed by atoms with Gasteiger partial charge in [0.1, 0.15) is 5.60 Å². The van der Waals surface area contributed by atoms with Gasteiger partial charge >= 0.3 is 0 Å². The van der Waals surface area contributed by atoms with E-state index in [1.54, 1.807) is 0 Å². The van der Waals surface area contributed by atoms with Gasteiger partial charge in [-0.2, -0.15) is 0 Å². The summed E-state index contributed by atoms with van der Waals surface area (Å²) in [6.07, 6.45) is 0.796. The van der Waals surface area contributed by atoms with Crippen LogP contribution in [-0.2, 0) is 11.2 Å². The maximum atomic E-state index is 11.6. The minimum absolute atomic E-state index is 0.260. The van der Waals surface area contributed by atoms with Gasteiger partial charge in [0.25, 0.3) is 5.91 Å². The number of alkyl halides is 2. The van der Waals surface area contributed by atoms with E-state index in [1.165, 1.54) is 11.3 Å². The van der Waals surface area contributed by atoms with Gasteiger partial charge in [0.2, 0.25) is 0 Å². The Bertz CT molecular complexity index is 805. The summed E-state index contributed by atoms with van der Waals surface area (Å²) in [6, 6.07) is 3.97. The normalized spacial score (nSPS) is 15.0. The number of carbonyl (C=O) groups is 1. The van der Waals surface area contributed by atoms with Crippen LogP contribution in [0.2, 0.25) is 0 Å². The average molecular weight is 401 g/mol. The van der Waals surface area contributed by atoms with Crippen molar-refractivity contribution in [2.24, 2.45) is 0 Å². The van der Waals surface area contributed by atoms with E-state index in [4.69, 9.17) is 32.7 Å². The van der Waals surface area contributed by atoms with Gasteiger partial charge in [0.05, 0.1) is 12.3 Å². The fourth-order valence-electron chi connectivity index (χ4n) is 2.71. The first-order valence-corrected chi connectivity index (χ1v) is 9.58. The second kappa shape index (κ2) is 7.02. The third kappa shape index (κ3) is 4.02. The molecule has 1 N–H and O–H groups in total. The average Bonchev–Trinajstić information content (AvgIpc) is 3.10. The van der Waals surface area contributed by atoms with E-state index in [0.717, 1.165) is 29.0 Å². The standard InChI is InChI=1S/C17H18Cl2N2O3S/c1-4-23-12-6-9(5-10-7-17(2,3)24-13(10)12)11-8-25-16(20-11)21-15(22)14(18)19/h5-6,8,14H,4,7H2,1-3H3,(H,20,21,22). The lowest BCUT2D eigenvalue weighted by Crippen LogP contribution is -2.24. The predicted octanol–water partition coefficient (Wildman–Crippen LogP) is 4.66. The molecule has 1 aromatic heterocycles. The zero-order valence-corrected chi connectivity index (χ0v) is 16.4. The van der Waals surface area contributed by atoms with E-state index in [9.17, 15) is 4.79 Å². The molecule has 0 aliphatic carbocycles. The van der Waals surface area contributed by atoms with Crippen LogP contribution in [0.1, 0.15) is 26.3 Å². The number of benzene rings is 1. The van der Waals surface area contributed by atoms with Crippen molar-refractivity contribution in [3.05, 3.63) is 23.1 Å². The Morgan fingerprint density at radius 3 is 2.92 bits per heavy atom. The smallest absolute Gasteiger partial charge is 0.259 e. The van der Waals surface area contributed by atoms with Crippen LogP contribution in [0.25, 0.3) is 11.3 Å². The molecule has 0 radical (unpaired) electrons. The molecule has 5 nitrogen and oxygen atoms in total. The second-order valence-corrected chi connectivity index (χ2v) is 8.22. The van der Waals surface area contributed by atoms with Gasteiger partial charge < -0.3 is 9.47 Å². The lowest BCUT2D eigenvalue weighted by molar-refractivity contribution is -0.114. The number of aromatic nitrogens is 1. The van der Waals surface area contributed by atoms with Crippen LogP contribution in [0.3, 0.4) is 0 Å². The van der Waals surface area contributed by atoms with Crippen molar-refractivity contribution in [1.29, 1.82) is 0 Å². The van der Waals surface area contributed by atoms with Crippen LogP contribution < -0.4 is 14.8 Å². The molecule has 2 heterocycles. The van der Waals surface area contributed by atoms with Gasteiger partial charge in [-0.3, -0.25) is 10.1 Å². The van der Waals surface area contributed by atoms with Crippen molar-refractivity contribution >= 4 is 45.6 Å². The molecule has 0 spiro atoms. The topological polar surface area (TPSA) is 60.5 Å². The summed E-state index contributed by atoms with van der Waals surface area (Å²) in [6.45, 7) is 6.58. The fourth-order valence-corrected chi connectivity index (χ4v) is 3.54. The molecule has 1 amide bonds. The van der Waals surface area contributed by atoms with E-state index >= 15 is 0 Å². The SMILES string of the molecule is CCOc1cc(-c2csc(NC(=O)C(Cl)Cl)n2)cc2c1OC(C)(C)C2. The van der Waals surface area contributed by atoms with Gasteiger partial charge in [0.15, 0.2) is 21.5 Å². The van der Waals surface area contributed by atoms with Crippen LogP contribution in [0.15, 0.2) is 17.5 Å². The Balaban J connectivity index is 1.92. The maximum Gasteiger partial charge on any atom is 0.259 e. The molecule has 0 fully saturated rings. The molecule has 2 aromatic rings. The lowest BCUT2D eigenvalue weighted by atomic mass is 9.99. The minimum Gasteiger partial charge on any atom is -0.490 e. The summed E-state index contributed by atoms with van der Waals surface area (Å²) in [5.41, 5.74) is 2.48. The number of anilines is 1. The summed E-state index contributed by atoms with van der Waals surface area (Å²) in [4.78, 5) is 14.9. The Labute approximate surface area is 160 Å². The Kier molecular flexibility index (Phi) is 5.14. The zero-order valence-electron chi connectivity index (χ0n) is 14.1. The molecule has 8 heteroatoms. The molecule has 1 aliphatic heterocycles. The molecule has 0 atom stereocenters. The molecule has 3 rings (SSSR count). The molecule has 1 aromatic carbocycles. The van der Waals surface area contributed by atoms with Gasteiger partial charge in [-0.1, -0.05) is 23.2 Å². The number of halogens is 2. The largest absolute Gasteiger partial charge is 0.490 e. The first-order valence-electron chi connectivity index (χ1n) is 7.82. The number of nitrogens with one attached hydrogen (secondary N) is 1. The molecule has 134 valence electrons. The van der Waals surface area contributed by atoms with E-state index in [2.05, 4.69) is 16.4 Å². The number of nitrogens with zero attached hydrogens (tertiary/aromatic N) is 1. The van der Waals surface area contributed by atoms with E-state index in [0.29, 0.717) is 17.5 Å². The Morgan fingerprint density at radius 2 is 2.24 bits per heavy atom. The first kappa shape index (κ1) is 18.3. The monoisotopic (exact) mass is 400 g/mol. The zero-order chi connectivity index (χ0) is 18.2. The number of rotatable bonds is 5. The number of hydrogen-bond donors (Lipinski definition) is 1. The Hall–Kier alpha value is -1.50. The second-order valence-electron chi connectivity index (χ2n) is 6.26. The highest BCUT2D eigenvalue weighted by molar-refractivity contribution is 7.14. The summed E-state index contributed by atoms with van der Waals surface area (Å²) < 4.78 is 11.8. The van der Waals surface area contributed by atoms with Gasteiger partial charge in [-0.05, 0) is 32.9 Å². The fraction of sp³-hybridized carbons (Fsp3) is 0.412. The van der Waals surface area contributed by atoms with E-state index < -0.39 is 10.7 Å². The summed E-state index contributed by atoms with van der Waals surface area (Å²) in [5, 5.41) is 4.90. The van der Waals surface area contributed by atoms with Crippen LogP contribution >= 0.6 is 34.5 Å². The highest BCUT2D eigenvalue weighted by atomic mass is 35.5.